The van der Waals surface area contributed by atoms with Crippen LogP contribution in [-0.2, 0) is 10.0 Å². The molecule has 8 heteroatoms. The monoisotopic (exact) mass is 338 g/mol. The number of sulfonamides is 1. The zero-order chi connectivity index (χ0) is 16.4. The maximum atomic E-state index is 14.4. The number of rotatable bonds is 4. The maximum absolute atomic E-state index is 14.4. The van der Waals surface area contributed by atoms with Crippen molar-refractivity contribution in [1.29, 1.82) is 0 Å². The fourth-order valence-corrected chi connectivity index (χ4v) is 3.66. The van der Waals surface area contributed by atoms with E-state index in [9.17, 15) is 12.8 Å². The molecule has 1 atom stereocenters. The molecule has 1 aromatic heterocycles. The van der Waals surface area contributed by atoms with Crippen LogP contribution in [0.4, 0.5) is 10.1 Å². The lowest BCUT2D eigenvalue weighted by Crippen LogP contribution is -2.37. The Kier molecular flexibility index (Phi) is 4.36. The summed E-state index contributed by atoms with van der Waals surface area (Å²) < 4.78 is 42.0. The van der Waals surface area contributed by atoms with Crippen LogP contribution in [0.2, 0.25) is 0 Å². The Balaban J connectivity index is 1.84. The van der Waals surface area contributed by atoms with E-state index < -0.39 is 15.8 Å². The fourth-order valence-electron chi connectivity index (χ4n) is 2.92. The number of hydrogen-bond donors (Lipinski definition) is 1. The molecule has 1 unspecified atom stereocenters. The highest BCUT2D eigenvalue weighted by molar-refractivity contribution is 7.89. The molecule has 1 fully saturated rings. The predicted molar refractivity (Wildman–Crippen MR) is 85.4 cm³/mol. The second-order valence-electron chi connectivity index (χ2n) is 5.55. The topological polar surface area (TPSA) is 67.2 Å². The first-order chi connectivity index (χ1) is 11.0. The van der Waals surface area contributed by atoms with E-state index in [0.717, 1.165) is 25.5 Å². The summed E-state index contributed by atoms with van der Waals surface area (Å²) in [6.45, 7) is 1.39. The van der Waals surface area contributed by atoms with Crippen LogP contribution in [0, 0.1) is 5.82 Å². The zero-order valence-electron chi connectivity index (χ0n) is 12.8. The molecule has 0 spiro atoms. The molecule has 3 rings (SSSR count). The minimum Gasteiger partial charge on any atom is -0.367 e. The van der Waals surface area contributed by atoms with Crippen molar-refractivity contribution in [2.75, 3.05) is 25.0 Å². The number of nitrogens with zero attached hydrogens (tertiary/aromatic N) is 3. The van der Waals surface area contributed by atoms with Gasteiger partial charge in [-0.2, -0.15) is 5.10 Å². The van der Waals surface area contributed by atoms with Gasteiger partial charge in [0.2, 0.25) is 10.0 Å². The highest BCUT2D eigenvalue weighted by Gasteiger charge is 2.24. The number of nitrogens with one attached hydrogen (secondary N) is 1. The van der Waals surface area contributed by atoms with Gasteiger partial charge in [-0.25, -0.2) is 17.5 Å². The van der Waals surface area contributed by atoms with Crippen LogP contribution in [0.25, 0.3) is 0 Å². The quantitative estimate of drug-likeness (QED) is 0.923. The van der Waals surface area contributed by atoms with Crippen molar-refractivity contribution in [1.82, 2.24) is 14.5 Å². The van der Waals surface area contributed by atoms with Crippen molar-refractivity contribution in [3.63, 3.8) is 0 Å². The molecular formula is C15H19FN4O2S. The lowest BCUT2D eigenvalue weighted by molar-refractivity contribution is 0.374. The zero-order valence-corrected chi connectivity index (χ0v) is 13.6. The van der Waals surface area contributed by atoms with Crippen molar-refractivity contribution in [2.45, 2.75) is 23.8 Å². The van der Waals surface area contributed by atoms with Crippen molar-refractivity contribution < 1.29 is 12.8 Å². The van der Waals surface area contributed by atoms with Crippen molar-refractivity contribution in [2.24, 2.45) is 0 Å². The molecule has 0 radical (unpaired) electrons. The average Bonchev–Trinajstić information content (AvgIpc) is 3.09. The third-order valence-corrected chi connectivity index (χ3v) is 5.55. The first kappa shape index (κ1) is 15.9. The van der Waals surface area contributed by atoms with E-state index in [1.807, 2.05) is 21.8 Å². The van der Waals surface area contributed by atoms with Gasteiger partial charge in [-0.05, 0) is 44.2 Å². The van der Waals surface area contributed by atoms with Crippen LogP contribution in [-0.4, -0.2) is 38.3 Å². The van der Waals surface area contributed by atoms with Crippen molar-refractivity contribution in [3.05, 3.63) is 42.5 Å². The second-order valence-corrected chi connectivity index (χ2v) is 7.44. The molecule has 1 N–H and O–H groups in total. The van der Waals surface area contributed by atoms with Crippen LogP contribution in [0.1, 0.15) is 18.9 Å². The molecule has 2 heterocycles. The largest absolute Gasteiger partial charge is 0.367 e. The smallest absolute Gasteiger partial charge is 0.240 e. The maximum Gasteiger partial charge on any atom is 0.240 e. The summed E-state index contributed by atoms with van der Waals surface area (Å²) in [5, 5.41) is 4.26. The number of aromatic nitrogens is 2. The third-order valence-electron chi connectivity index (χ3n) is 4.13. The van der Waals surface area contributed by atoms with Gasteiger partial charge in [0.15, 0.2) is 0 Å². The van der Waals surface area contributed by atoms with Crippen LogP contribution < -0.4 is 9.62 Å². The summed E-state index contributed by atoms with van der Waals surface area (Å²) in [5.41, 5.74) is 0.428. The minimum atomic E-state index is -3.64. The summed E-state index contributed by atoms with van der Waals surface area (Å²) in [6, 6.07) is 6.10. The van der Waals surface area contributed by atoms with Crippen LogP contribution >= 0.6 is 0 Å². The van der Waals surface area contributed by atoms with E-state index in [1.54, 1.807) is 6.20 Å². The van der Waals surface area contributed by atoms with E-state index in [0.29, 0.717) is 12.2 Å². The molecule has 6 nitrogen and oxygen atoms in total. The Bertz CT molecular complexity index is 777. The second kappa shape index (κ2) is 6.29. The van der Waals surface area contributed by atoms with E-state index in [2.05, 4.69) is 9.82 Å². The molecular weight excluding hydrogens is 319 g/mol. The Hall–Kier alpha value is -1.93. The van der Waals surface area contributed by atoms with E-state index in [1.165, 1.54) is 19.2 Å². The van der Waals surface area contributed by atoms with Crippen LogP contribution in [0.3, 0.4) is 0 Å². The molecule has 0 aliphatic carbocycles. The number of piperidine rings is 1. The average molecular weight is 338 g/mol. The first-order valence-corrected chi connectivity index (χ1v) is 8.97. The molecule has 0 amide bonds. The Morgan fingerprint density at radius 1 is 1.39 bits per heavy atom. The van der Waals surface area contributed by atoms with Gasteiger partial charge in [0.05, 0.1) is 16.6 Å². The van der Waals surface area contributed by atoms with Gasteiger partial charge in [-0.3, -0.25) is 4.68 Å². The van der Waals surface area contributed by atoms with Gasteiger partial charge in [0.25, 0.3) is 0 Å². The van der Waals surface area contributed by atoms with E-state index >= 15 is 0 Å². The summed E-state index contributed by atoms with van der Waals surface area (Å²) >= 11 is 0. The van der Waals surface area contributed by atoms with Crippen LogP contribution in [0.5, 0.6) is 0 Å². The van der Waals surface area contributed by atoms with Crippen molar-refractivity contribution >= 4 is 15.7 Å². The first-order valence-electron chi connectivity index (χ1n) is 7.48. The standard InChI is InChI=1S/C15H19FN4O2S/c1-17-23(21,22)13-5-6-15(14(16)10-13)19-8-2-4-12(11-19)20-9-3-7-18-20/h3,5-7,9-10,12,17H,2,4,8,11H2,1H3. The molecule has 1 aliphatic rings. The summed E-state index contributed by atoms with van der Waals surface area (Å²) in [6.07, 6.45) is 5.57. The molecule has 0 saturated carbocycles. The molecule has 1 aliphatic heterocycles. The predicted octanol–water partition coefficient (Wildman–Crippen LogP) is 1.77. The van der Waals surface area contributed by atoms with Crippen molar-refractivity contribution in [3.8, 4) is 0 Å². The normalized spacial score (nSPS) is 19.0. The Morgan fingerprint density at radius 3 is 2.87 bits per heavy atom. The lowest BCUT2D eigenvalue weighted by atomic mass is 10.0. The molecule has 1 aromatic carbocycles. The van der Waals surface area contributed by atoms with Gasteiger partial charge >= 0.3 is 0 Å². The van der Waals surface area contributed by atoms with Crippen LogP contribution in [0.15, 0.2) is 41.6 Å². The molecule has 23 heavy (non-hydrogen) atoms. The third kappa shape index (κ3) is 3.23. The summed E-state index contributed by atoms with van der Waals surface area (Å²) in [5.74, 6) is -0.526. The summed E-state index contributed by atoms with van der Waals surface area (Å²) in [7, 11) is -2.33. The molecule has 124 valence electrons. The number of benzene rings is 1. The van der Waals surface area contributed by atoms with Gasteiger partial charge < -0.3 is 4.90 Å². The Morgan fingerprint density at radius 2 is 2.22 bits per heavy atom. The highest BCUT2D eigenvalue weighted by atomic mass is 32.2. The lowest BCUT2D eigenvalue weighted by Gasteiger charge is -2.34. The minimum absolute atomic E-state index is 0.0677. The van der Waals surface area contributed by atoms with Gasteiger partial charge in [0, 0.05) is 25.5 Å². The highest BCUT2D eigenvalue weighted by Crippen LogP contribution is 2.29. The van der Waals surface area contributed by atoms with E-state index in [-0.39, 0.29) is 10.9 Å². The SMILES string of the molecule is CNS(=O)(=O)c1ccc(N2CCCC(n3cccn3)C2)c(F)c1. The number of anilines is 1. The van der Waals surface area contributed by atoms with Gasteiger partial charge in [-0.1, -0.05) is 0 Å². The van der Waals surface area contributed by atoms with Gasteiger partial charge in [0.1, 0.15) is 5.82 Å². The fraction of sp³-hybridized carbons (Fsp3) is 0.400. The summed E-state index contributed by atoms with van der Waals surface area (Å²) in [4.78, 5) is 1.88. The van der Waals surface area contributed by atoms with Gasteiger partial charge in [-0.15, -0.1) is 0 Å². The number of hydrogen-bond acceptors (Lipinski definition) is 4. The Labute approximate surface area is 135 Å². The molecule has 0 bridgehead atoms. The molecule has 2 aromatic rings. The van der Waals surface area contributed by atoms with E-state index in [4.69, 9.17) is 0 Å². The number of halogens is 1. The molecule has 1 saturated heterocycles.